The van der Waals surface area contributed by atoms with E-state index in [4.69, 9.17) is 4.74 Å². The Morgan fingerprint density at radius 3 is 2.19 bits per heavy atom. The maximum absolute atomic E-state index is 12.8. The van der Waals surface area contributed by atoms with Crippen molar-refractivity contribution in [1.29, 1.82) is 0 Å². The van der Waals surface area contributed by atoms with Gasteiger partial charge in [0, 0.05) is 37.4 Å². The number of piperazine rings is 1. The number of hydrogen-bond acceptors (Lipinski definition) is 5. The summed E-state index contributed by atoms with van der Waals surface area (Å²) in [6.45, 7) is 6.81. The predicted molar refractivity (Wildman–Crippen MR) is 143 cm³/mol. The van der Waals surface area contributed by atoms with E-state index in [0.29, 0.717) is 26.2 Å². The van der Waals surface area contributed by atoms with Gasteiger partial charge in [-0.05, 0) is 67.9 Å². The molecule has 2 amide bonds. The number of carbonyl (C=O) groups is 1. The summed E-state index contributed by atoms with van der Waals surface area (Å²) < 4.78 is 5.81. The van der Waals surface area contributed by atoms with Crippen LogP contribution in [-0.4, -0.2) is 47.3 Å². The number of rotatable bonds is 5. The second-order valence-electron chi connectivity index (χ2n) is 8.94. The molecule has 0 atom stereocenters. The molecule has 7 nitrogen and oxygen atoms in total. The van der Waals surface area contributed by atoms with Crippen LogP contribution in [0.5, 0.6) is 11.5 Å². The minimum atomic E-state index is -0.109. The fraction of sp³-hybridized carbons (Fsp3) is 0.207. The summed E-state index contributed by atoms with van der Waals surface area (Å²) in [7, 11) is 0. The van der Waals surface area contributed by atoms with Gasteiger partial charge in [0.1, 0.15) is 11.5 Å². The van der Waals surface area contributed by atoms with Gasteiger partial charge in [-0.2, -0.15) is 0 Å². The van der Waals surface area contributed by atoms with Gasteiger partial charge in [-0.15, -0.1) is 10.2 Å². The first-order chi connectivity index (χ1) is 17.5. The van der Waals surface area contributed by atoms with Crippen LogP contribution in [0.15, 0.2) is 84.9 Å². The Morgan fingerprint density at radius 2 is 1.53 bits per heavy atom. The van der Waals surface area contributed by atoms with Crippen LogP contribution < -0.4 is 15.0 Å². The SMILES string of the molecule is Cc1ccc(-c2ccc(N3CCN(C(=O)Nc4ccc(Oc5ccccc5)cc4)CC3)nn2)c(C)c1. The minimum Gasteiger partial charge on any atom is -0.457 e. The van der Waals surface area contributed by atoms with Crippen molar-refractivity contribution in [3.05, 3.63) is 96.1 Å². The number of amides is 2. The summed E-state index contributed by atoms with van der Waals surface area (Å²) in [4.78, 5) is 16.8. The molecule has 182 valence electrons. The van der Waals surface area contributed by atoms with Crippen molar-refractivity contribution in [3.8, 4) is 22.8 Å². The van der Waals surface area contributed by atoms with Crippen LogP contribution in [0, 0.1) is 13.8 Å². The van der Waals surface area contributed by atoms with E-state index >= 15 is 0 Å². The van der Waals surface area contributed by atoms with E-state index in [1.165, 1.54) is 11.1 Å². The van der Waals surface area contributed by atoms with Crippen molar-refractivity contribution in [2.45, 2.75) is 13.8 Å². The van der Waals surface area contributed by atoms with Gasteiger partial charge in [0.25, 0.3) is 0 Å². The van der Waals surface area contributed by atoms with Crippen LogP contribution in [0.1, 0.15) is 11.1 Å². The largest absolute Gasteiger partial charge is 0.457 e. The quantitative estimate of drug-likeness (QED) is 0.386. The molecule has 4 aromatic rings. The van der Waals surface area contributed by atoms with Gasteiger partial charge < -0.3 is 19.9 Å². The molecule has 1 saturated heterocycles. The molecule has 3 aromatic carbocycles. The Morgan fingerprint density at radius 1 is 0.806 bits per heavy atom. The molecule has 7 heteroatoms. The first kappa shape index (κ1) is 23.4. The zero-order valence-electron chi connectivity index (χ0n) is 20.5. The minimum absolute atomic E-state index is 0.109. The fourth-order valence-electron chi connectivity index (χ4n) is 4.31. The van der Waals surface area contributed by atoms with E-state index in [0.717, 1.165) is 34.3 Å². The van der Waals surface area contributed by atoms with E-state index in [9.17, 15) is 4.79 Å². The molecule has 0 bridgehead atoms. The van der Waals surface area contributed by atoms with Gasteiger partial charge in [0.15, 0.2) is 5.82 Å². The number of hydrogen-bond donors (Lipinski definition) is 1. The van der Waals surface area contributed by atoms with E-state index in [2.05, 4.69) is 52.5 Å². The lowest BCUT2D eigenvalue weighted by molar-refractivity contribution is 0.208. The molecule has 0 unspecified atom stereocenters. The first-order valence-electron chi connectivity index (χ1n) is 12.1. The maximum atomic E-state index is 12.8. The Kier molecular flexibility index (Phi) is 6.80. The summed E-state index contributed by atoms with van der Waals surface area (Å²) >= 11 is 0. The van der Waals surface area contributed by atoms with Crippen molar-refractivity contribution in [2.75, 3.05) is 36.4 Å². The number of aromatic nitrogens is 2. The molecule has 1 N–H and O–H groups in total. The van der Waals surface area contributed by atoms with Crippen LogP contribution in [0.2, 0.25) is 0 Å². The van der Waals surface area contributed by atoms with E-state index in [-0.39, 0.29) is 6.03 Å². The number of para-hydroxylation sites is 1. The highest BCUT2D eigenvalue weighted by Gasteiger charge is 2.22. The highest BCUT2D eigenvalue weighted by atomic mass is 16.5. The third kappa shape index (κ3) is 5.46. The number of aryl methyl sites for hydroxylation is 2. The van der Waals surface area contributed by atoms with Gasteiger partial charge in [0.2, 0.25) is 0 Å². The van der Waals surface area contributed by atoms with E-state index in [1.807, 2.05) is 71.6 Å². The lowest BCUT2D eigenvalue weighted by Gasteiger charge is -2.35. The van der Waals surface area contributed by atoms with E-state index in [1.54, 1.807) is 0 Å². The highest BCUT2D eigenvalue weighted by Crippen LogP contribution is 2.25. The molecule has 0 aliphatic carbocycles. The predicted octanol–water partition coefficient (Wildman–Crippen LogP) is 5.91. The summed E-state index contributed by atoms with van der Waals surface area (Å²) in [5, 5.41) is 11.9. The Bertz CT molecular complexity index is 1320. The summed E-state index contributed by atoms with van der Waals surface area (Å²) in [6, 6.07) is 27.3. The average Bonchev–Trinajstić information content (AvgIpc) is 2.91. The second-order valence-corrected chi connectivity index (χ2v) is 8.94. The van der Waals surface area contributed by atoms with Crippen molar-refractivity contribution in [3.63, 3.8) is 0 Å². The van der Waals surface area contributed by atoms with Crippen molar-refractivity contribution in [1.82, 2.24) is 15.1 Å². The molecule has 0 saturated carbocycles. The lowest BCUT2D eigenvalue weighted by Crippen LogP contribution is -2.50. The van der Waals surface area contributed by atoms with Crippen molar-refractivity contribution in [2.24, 2.45) is 0 Å². The van der Waals surface area contributed by atoms with E-state index < -0.39 is 0 Å². The molecule has 1 aliphatic rings. The Balaban J connectivity index is 1.13. The lowest BCUT2D eigenvalue weighted by atomic mass is 10.0. The molecular weight excluding hydrogens is 450 g/mol. The second kappa shape index (κ2) is 10.5. The molecule has 2 heterocycles. The standard InChI is InChI=1S/C29H29N5O2/c1-21-8-13-26(22(2)20-21)27-14-15-28(32-31-27)33-16-18-34(19-17-33)29(35)30-23-9-11-25(12-10-23)36-24-6-4-3-5-7-24/h3-15,20H,16-19H2,1-2H3,(H,30,35). The number of ether oxygens (including phenoxy) is 1. The van der Waals surface area contributed by atoms with Gasteiger partial charge in [-0.3, -0.25) is 0 Å². The molecule has 0 spiro atoms. The smallest absolute Gasteiger partial charge is 0.321 e. The summed E-state index contributed by atoms with van der Waals surface area (Å²) in [5.41, 5.74) is 5.12. The average molecular weight is 480 g/mol. The summed E-state index contributed by atoms with van der Waals surface area (Å²) in [5.74, 6) is 2.33. The van der Waals surface area contributed by atoms with Crippen LogP contribution in [0.25, 0.3) is 11.3 Å². The van der Waals surface area contributed by atoms with Crippen LogP contribution in [0.3, 0.4) is 0 Å². The third-order valence-electron chi connectivity index (χ3n) is 6.28. The fourth-order valence-corrected chi connectivity index (χ4v) is 4.31. The molecule has 0 radical (unpaired) electrons. The topological polar surface area (TPSA) is 70.6 Å². The van der Waals surface area contributed by atoms with Crippen LogP contribution in [-0.2, 0) is 0 Å². The van der Waals surface area contributed by atoms with Crippen molar-refractivity contribution < 1.29 is 9.53 Å². The number of anilines is 2. The molecule has 36 heavy (non-hydrogen) atoms. The normalized spacial score (nSPS) is 13.4. The molecular formula is C29H29N5O2. The Hall–Kier alpha value is -4.39. The van der Waals surface area contributed by atoms with Gasteiger partial charge in [-0.25, -0.2) is 4.79 Å². The van der Waals surface area contributed by atoms with Gasteiger partial charge in [0.05, 0.1) is 5.69 Å². The van der Waals surface area contributed by atoms with Crippen molar-refractivity contribution >= 4 is 17.5 Å². The highest BCUT2D eigenvalue weighted by molar-refractivity contribution is 5.89. The number of nitrogens with one attached hydrogen (secondary N) is 1. The van der Waals surface area contributed by atoms with Crippen LogP contribution in [0.4, 0.5) is 16.3 Å². The van der Waals surface area contributed by atoms with Gasteiger partial charge in [-0.1, -0.05) is 42.0 Å². The Labute approximate surface area is 211 Å². The molecule has 5 rings (SSSR count). The molecule has 1 fully saturated rings. The monoisotopic (exact) mass is 479 g/mol. The zero-order chi connectivity index (χ0) is 24.9. The number of nitrogens with zero attached hydrogens (tertiary/aromatic N) is 4. The zero-order valence-corrected chi connectivity index (χ0v) is 20.5. The van der Waals surface area contributed by atoms with Crippen LogP contribution >= 0.6 is 0 Å². The molecule has 1 aliphatic heterocycles. The summed E-state index contributed by atoms with van der Waals surface area (Å²) in [6.07, 6.45) is 0. The first-order valence-corrected chi connectivity index (χ1v) is 12.1. The number of benzene rings is 3. The number of urea groups is 1. The van der Waals surface area contributed by atoms with Gasteiger partial charge >= 0.3 is 6.03 Å². The third-order valence-corrected chi connectivity index (χ3v) is 6.28. The maximum Gasteiger partial charge on any atom is 0.321 e. The number of carbonyl (C=O) groups excluding carboxylic acids is 1. The molecule has 1 aromatic heterocycles.